The molecule has 17 heavy (non-hydrogen) atoms. The summed E-state index contributed by atoms with van der Waals surface area (Å²) in [6.07, 6.45) is 3.95. The highest BCUT2D eigenvalue weighted by Gasteiger charge is 2.28. The van der Waals surface area contributed by atoms with Crippen LogP contribution in [-0.4, -0.2) is 24.5 Å². The van der Waals surface area contributed by atoms with Gasteiger partial charge in [-0.25, -0.2) is 0 Å². The van der Waals surface area contributed by atoms with Crippen molar-refractivity contribution in [3.8, 4) is 0 Å². The molecule has 94 valence electrons. The average molecular weight is 232 g/mol. The maximum atomic E-state index is 5.85. The van der Waals surface area contributed by atoms with Gasteiger partial charge in [-0.1, -0.05) is 36.2 Å². The zero-order valence-corrected chi connectivity index (χ0v) is 11.0. The van der Waals surface area contributed by atoms with Crippen LogP contribution in [0.4, 0.5) is 0 Å². The molecule has 2 unspecified atom stereocenters. The summed E-state index contributed by atoms with van der Waals surface area (Å²) in [4.78, 5) is 2.48. The molecule has 2 N–H and O–H groups in total. The third-order valence-electron chi connectivity index (χ3n) is 4.04. The SMILES string of the molecule is Cc1ccc(CN(C)C2CCCC2CN)cc1. The van der Waals surface area contributed by atoms with Gasteiger partial charge in [0.25, 0.3) is 0 Å². The van der Waals surface area contributed by atoms with Crippen molar-refractivity contribution in [1.29, 1.82) is 0 Å². The van der Waals surface area contributed by atoms with Crippen LogP contribution < -0.4 is 5.73 Å². The summed E-state index contributed by atoms with van der Waals surface area (Å²) in [6, 6.07) is 9.54. The van der Waals surface area contributed by atoms with E-state index in [2.05, 4.69) is 43.1 Å². The van der Waals surface area contributed by atoms with Gasteiger partial charge < -0.3 is 5.73 Å². The van der Waals surface area contributed by atoms with Gasteiger partial charge in [0.2, 0.25) is 0 Å². The second-order valence-electron chi connectivity index (χ2n) is 5.39. The number of hydrogen-bond donors (Lipinski definition) is 1. The van der Waals surface area contributed by atoms with Gasteiger partial charge in [0.1, 0.15) is 0 Å². The molecule has 0 aromatic heterocycles. The molecule has 0 heterocycles. The minimum atomic E-state index is 0.682. The molecule has 2 atom stereocenters. The summed E-state index contributed by atoms with van der Waals surface area (Å²) in [5.41, 5.74) is 8.58. The zero-order valence-electron chi connectivity index (χ0n) is 11.0. The van der Waals surface area contributed by atoms with Crippen LogP contribution in [0.15, 0.2) is 24.3 Å². The largest absolute Gasteiger partial charge is 0.330 e. The summed E-state index contributed by atoms with van der Waals surface area (Å²) < 4.78 is 0. The van der Waals surface area contributed by atoms with E-state index in [0.717, 1.165) is 13.1 Å². The predicted molar refractivity (Wildman–Crippen MR) is 72.8 cm³/mol. The molecule has 2 heteroatoms. The molecule has 2 nitrogen and oxygen atoms in total. The molecule has 0 saturated heterocycles. The van der Waals surface area contributed by atoms with Crippen LogP contribution >= 0.6 is 0 Å². The molecular formula is C15H24N2. The lowest BCUT2D eigenvalue weighted by Gasteiger charge is -2.29. The Morgan fingerprint density at radius 1 is 1.24 bits per heavy atom. The fraction of sp³-hybridized carbons (Fsp3) is 0.600. The normalized spacial score (nSPS) is 24.5. The van der Waals surface area contributed by atoms with E-state index in [4.69, 9.17) is 5.73 Å². The zero-order chi connectivity index (χ0) is 12.3. The van der Waals surface area contributed by atoms with Crippen molar-refractivity contribution >= 4 is 0 Å². The summed E-state index contributed by atoms with van der Waals surface area (Å²) in [5.74, 6) is 0.699. The molecule has 2 rings (SSSR count). The molecule has 0 amide bonds. The van der Waals surface area contributed by atoms with E-state index < -0.39 is 0 Å². The first-order valence-electron chi connectivity index (χ1n) is 6.66. The third-order valence-corrected chi connectivity index (χ3v) is 4.04. The fourth-order valence-electron chi connectivity index (χ4n) is 2.97. The van der Waals surface area contributed by atoms with E-state index in [9.17, 15) is 0 Å². The summed E-state index contributed by atoms with van der Waals surface area (Å²) in [7, 11) is 2.23. The molecule has 1 aromatic rings. The summed E-state index contributed by atoms with van der Waals surface area (Å²) >= 11 is 0. The Morgan fingerprint density at radius 2 is 1.94 bits per heavy atom. The van der Waals surface area contributed by atoms with Crippen molar-refractivity contribution in [2.45, 2.75) is 38.8 Å². The average Bonchev–Trinajstić information content (AvgIpc) is 2.80. The van der Waals surface area contributed by atoms with Crippen LogP contribution in [0.3, 0.4) is 0 Å². The van der Waals surface area contributed by atoms with Gasteiger partial charge in [0.05, 0.1) is 0 Å². The highest BCUT2D eigenvalue weighted by atomic mass is 15.1. The minimum absolute atomic E-state index is 0.682. The Balaban J connectivity index is 1.96. The lowest BCUT2D eigenvalue weighted by molar-refractivity contribution is 0.193. The molecule has 1 aliphatic carbocycles. The standard InChI is InChI=1S/C15H24N2/c1-12-6-8-13(9-7-12)11-17(2)15-5-3-4-14(15)10-16/h6-9,14-15H,3-5,10-11,16H2,1-2H3. The Morgan fingerprint density at radius 3 is 2.59 bits per heavy atom. The molecule has 1 aromatic carbocycles. The van der Waals surface area contributed by atoms with Gasteiger partial charge in [-0.2, -0.15) is 0 Å². The number of rotatable bonds is 4. The van der Waals surface area contributed by atoms with Crippen LogP contribution in [0.5, 0.6) is 0 Å². The Bertz CT molecular complexity index is 344. The first kappa shape index (κ1) is 12.6. The molecule has 1 saturated carbocycles. The van der Waals surface area contributed by atoms with Gasteiger partial charge in [0, 0.05) is 12.6 Å². The minimum Gasteiger partial charge on any atom is -0.330 e. The second kappa shape index (κ2) is 5.65. The predicted octanol–water partition coefficient (Wildman–Crippen LogP) is 2.55. The lowest BCUT2D eigenvalue weighted by atomic mass is 10.0. The van der Waals surface area contributed by atoms with Crippen LogP contribution in [0.1, 0.15) is 30.4 Å². The van der Waals surface area contributed by atoms with E-state index in [1.807, 2.05) is 0 Å². The van der Waals surface area contributed by atoms with Crippen molar-refractivity contribution in [2.75, 3.05) is 13.6 Å². The molecule has 0 aliphatic heterocycles. The first-order chi connectivity index (χ1) is 8.20. The Labute approximate surface area is 105 Å². The molecule has 1 fully saturated rings. The molecule has 0 bridgehead atoms. The van der Waals surface area contributed by atoms with E-state index in [1.54, 1.807) is 0 Å². The van der Waals surface area contributed by atoms with Crippen molar-refractivity contribution < 1.29 is 0 Å². The van der Waals surface area contributed by atoms with E-state index in [1.165, 1.54) is 30.4 Å². The van der Waals surface area contributed by atoms with Crippen LogP contribution in [0.2, 0.25) is 0 Å². The van der Waals surface area contributed by atoms with E-state index in [0.29, 0.717) is 12.0 Å². The lowest BCUT2D eigenvalue weighted by Crippen LogP contribution is -2.37. The third kappa shape index (κ3) is 3.08. The number of aryl methyl sites for hydroxylation is 1. The molecule has 1 aliphatic rings. The van der Waals surface area contributed by atoms with Crippen molar-refractivity contribution in [3.05, 3.63) is 35.4 Å². The van der Waals surface area contributed by atoms with Crippen molar-refractivity contribution in [3.63, 3.8) is 0 Å². The van der Waals surface area contributed by atoms with Crippen LogP contribution in [0.25, 0.3) is 0 Å². The maximum Gasteiger partial charge on any atom is 0.0233 e. The van der Waals surface area contributed by atoms with Gasteiger partial charge in [0.15, 0.2) is 0 Å². The number of benzene rings is 1. The smallest absolute Gasteiger partial charge is 0.0233 e. The van der Waals surface area contributed by atoms with Crippen molar-refractivity contribution in [1.82, 2.24) is 4.90 Å². The highest BCUT2D eigenvalue weighted by Crippen LogP contribution is 2.29. The van der Waals surface area contributed by atoms with E-state index >= 15 is 0 Å². The first-order valence-corrected chi connectivity index (χ1v) is 6.66. The summed E-state index contributed by atoms with van der Waals surface area (Å²) in [6.45, 7) is 4.01. The quantitative estimate of drug-likeness (QED) is 0.864. The van der Waals surface area contributed by atoms with Crippen LogP contribution in [-0.2, 0) is 6.54 Å². The Hall–Kier alpha value is -0.860. The monoisotopic (exact) mass is 232 g/mol. The number of nitrogens with zero attached hydrogens (tertiary/aromatic N) is 1. The van der Waals surface area contributed by atoms with Gasteiger partial charge in [-0.3, -0.25) is 4.90 Å². The van der Waals surface area contributed by atoms with Crippen LogP contribution in [0, 0.1) is 12.8 Å². The van der Waals surface area contributed by atoms with Gasteiger partial charge >= 0.3 is 0 Å². The van der Waals surface area contributed by atoms with Crippen molar-refractivity contribution in [2.24, 2.45) is 11.7 Å². The second-order valence-corrected chi connectivity index (χ2v) is 5.39. The molecule has 0 radical (unpaired) electrons. The fourth-order valence-corrected chi connectivity index (χ4v) is 2.97. The molecular weight excluding hydrogens is 208 g/mol. The number of hydrogen-bond acceptors (Lipinski definition) is 2. The van der Waals surface area contributed by atoms with Gasteiger partial charge in [-0.15, -0.1) is 0 Å². The maximum absolute atomic E-state index is 5.85. The summed E-state index contributed by atoms with van der Waals surface area (Å²) in [5, 5.41) is 0. The molecule has 0 spiro atoms. The highest BCUT2D eigenvalue weighted by molar-refractivity contribution is 5.21. The number of nitrogens with two attached hydrogens (primary N) is 1. The topological polar surface area (TPSA) is 29.3 Å². The Kier molecular flexibility index (Phi) is 4.19. The van der Waals surface area contributed by atoms with Gasteiger partial charge in [-0.05, 0) is 44.8 Å². The van der Waals surface area contributed by atoms with E-state index in [-0.39, 0.29) is 0 Å².